The highest BCUT2D eigenvalue weighted by Crippen LogP contribution is 2.43. The van der Waals surface area contributed by atoms with E-state index < -0.39 is 5.97 Å². The van der Waals surface area contributed by atoms with Gasteiger partial charge in [0.15, 0.2) is 5.96 Å². The number of carboxylic acids is 1. The maximum absolute atomic E-state index is 12.2. The van der Waals surface area contributed by atoms with Gasteiger partial charge in [-0.1, -0.05) is 62.1 Å². The Balaban J connectivity index is 1.42. The van der Waals surface area contributed by atoms with Crippen molar-refractivity contribution in [1.82, 2.24) is 10.3 Å². The molecule has 2 heterocycles. The van der Waals surface area contributed by atoms with Crippen LogP contribution >= 0.6 is 0 Å². The fraction of sp³-hybridized carbons (Fsp3) is 0.450. The number of hydrogen-bond donors (Lipinski definition) is 6. The van der Waals surface area contributed by atoms with E-state index >= 15 is 0 Å². The number of nitrogens with one attached hydrogen (secondary N) is 3. The number of unbranched alkanes of at least 4 members (excludes halogenated alkanes) is 3. The number of nitrogens with two attached hydrogens (primary N) is 1. The molecule has 0 spiro atoms. The lowest BCUT2D eigenvalue weighted by Gasteiger charge is -2.36. The topological polar surface area (TPSA) is 170 Å². The van der Waals surface area contributed by atoms with Gasteiger partial charge in [0.2, 0.25) is 0 Å². The molecule has 2 aliphatic rings. The molecule has 5 rings (SSSR count). The van der Waals surface area contributed by atoms with E-state index in [0.29, 0.717) is 38.2 Å². The zero-order chi connectivity index (χ0) is 35.3. The highest BCUT2D eigenvalue weighted by atomic mass is 16.4. The number of aliphatic hydroxyl groups excluding tert-OH is 1. The van der Waals surface area contributed by atoms with Gasteiger partial charge < -0.3 is 41.2 Å². The monoisotopic (exact) mass is 681 g/mol. The summed E-state index contributed by atoms with van der Waals surface area (Å²) in [6.45, 7) is 0.633. The summed E-state index contributed by atoms with van der Waals surface area (Å²) in [5.74, 6) is 0.419. The van der Waals surface area contributed by atoms with Crippen molar-refractivity contribution in [3.8, 4) is 0 Å². The summed E-state index contributed by atoms with van der Waals surface area (Å²) in [7, 11) is 0. The number of nitrogens with zero attached hydrogens (tertiary/aromatic N) is 1. The third kappa shape index (κ3) is 9.94. The van der Waals surface area contributed by atoms with Crippen LogP contribution in [0, 0.1) is 11.8 Å². The molecule has 10 nitrogen and oxygen atoms in total. The number of rotatable bonds is 20. The molecule has 1 aromatic heterocycles. The van der Waals surface area contributed by atoms with E-state index in [2.05, 4.69) is 57.0 Å². The summed E-state index contributed by atoms with van der Waals surface area (Å²) in [4.78, 5) is 42.5. The number of guanidine groups is 1. The first-order chi connectivity index (χ1) is 24.4. The number of aliphatic carboxylic acids is 1. The molecular weight excluding hydrogens is 630 g/mol. The van der Waals surface area contributed by atoms with E-state index in [1.165, 1.54) is 17.2 Å². The van der Waals surface area contributed by atoms with Gasteiger partial charge in [0, 0.05) is 37.8 Å². The Kier molecular flexibility index (Phi) is 13.4. The van der Waals surface area contributed by atoms with Gasteiger partial charge in [-0.25, -0.2) is 4.79 Å². The van der Waals surface area contributed by atoms with Gasteiger partial charge in [-0.3, -0.25) is 4.99 Å². The van der Waals surface area contributed by atoms with Crippen LogP contribution < -0.4 is 16.4 Å². The van der Waals surface area contributed by atoms with Crippen LogP contribution in [0.2, 0.25) is 0 Å². The number of carbonyl (C=O) groups is 3. The van der Waals surface area contributed by atoms with Crippen molar-refractivity contribution in [2.75, 3.05) is 18.5 Å². The molecule has 50 heavy (non-hydrogen) atoms. The second kappa shape index (κ2) is 18.3. The second-order valence-corrected chi connectivity index (χ2v) is 13.7. The molecule has 0 bridgehead atoms. The number of aromatic amines is 1. The quantitative estimate of drug-likeness (QED) is 0.0471. The van der Waals surface area contributed by atoms with Crippen molar-refractivity contribution in [2.24, 2.45) is 22.6 Å². The summed E-state index contributed by atoms with van der Waals surface area (Å²) < 4.78 is 0. The summed E-state index contributed by atoms with van der Waals surface area (Å²) in [6.07, 6.45) is 18.6. The molecule has 1 aliphatic heterocycles. The number of aliphatic imine (C=N–C) groups is 1. The van der Waals surface area contributed by atoms with Crippen LogP contribution in [0.3, 0.4) is 0 Å². The van der Waals surface area contributed by atoms with E-state index in [0.717, 1.165) is 85.2 Å². The fourth-order valence-electron chi connectivity index (χ4n) is 7.64. The van der Waals surface area contributed by atoms with E-state index in [4.69, 9.17) is 10.8 Å². The summed E-state index contributed by atoms with van der Waals surface area (Å²) in [6, 6.07) is 14.0. The fourth-order valence-corrected chi connectivity index (χ4v) is 7.64. The van der Waals surface area contributed by atoms with Gasteiger partial charge in [-0.2, -0.15) is 0 Å². The Hall–Kier alpha value is -4.70. The molecular formula is C40H51N5O5. The molecule has 0 saturated carbocycles. The minimum atomic E-state index is -1.01. The lowest BCUT2D eigenvalue weighted by atomic mass is 9.72. The smallest absolute Gasteiger partial charge is 0.328 e. The van der Waals surface area contributed by atoms with Crippen molar-refractivity contribution in [3.05, 3.63) is 83.1 Å². The minimum absolute atomic E-state index is 0.0108. The number of benzene rings is 2. The molecule has 1 aliphatic carbocycles. The van der Waals surface area contributed by atoms with Crippen LogP contribution in [0.4, 0.5) is 5.82 Å². The zero-order valence-electron chi connectivity index (χ0n) is 28.7. The van der Waals surface area contributed by atoms with Crippen molar-refractivity contribution < 1.29 is 24.6 Å². The van der Waals surface area contributed by atoms with Crippen LogP contribution in [-0.4, -0.2) is 64.9 Å². The maximum Gasteiger partial charge on any atom is 0.328 e. The van der Waals surface area contributed by atoms with E-state index in [-0.39, 0.29) is 36.4 Å². The standard InChI is InChI=1S/C40H51N5O5/c41-40-43-18-15-36(45-40)35(25-39(49)50)37(44-38-10-5-17-42-38)24-31-14-13-30-22-29-12-11-27(16-20-47)21-32(29)23-34(30)33(31)9-4-2-1-3-7-28(26-48)8-6-19-46/h5,10-14,17,20-23,25-26,28,31,33,36-37,42,44,46H,1-4,6-9,15-16,18-19,24H2,(H,49,50)(H3,41,43,45)/b35-25+/t28-,31-,33-,36+,37-/m0/s1. The van der Waals surface area contributed by atoms with Crippen LogP contribution in [0.5, 0.6) is 0 Å². The summed E-state index contributed by atoms with van der Waals surface area (Å²) in [5, 5.41) is 28.2. The molecule has 10 heteroatoms. The van der Waals surface area contributed by atoms with Crippen molar-refractivity contribution in [1.29, 1.82) is 0 Å². The first kappa shape index (κ1) is 36.6. The van der Waals surface area contributed by atoms with Gasteiger partial charge in [0.05, 0.1) is 12.1 Å². The van der Waals surface area contributed by atoms with Crippen LogP contribution in [0.15, 0.2) is 71.4 Å². The highest BCUT2D eigenvalue weighted by molar-refractivity contribution is 5.88. The molecule has 5 atom stereocenters. The number of carbonyl (C=O) groups excluding carboxylic acids is 2. The normalized spacial score (nSPS) is 20.0. The van der Waals surface area contributed by atoms with Crippen molar-refractivity contribution in [2.45, 2.75) is 88.6 Å². The molecule has 0 unspecified atom stereocenters. The number of allylic oxidation sites excluding steroid dienone is 1. The van der Waals surface area contributed by atoms with Gasteiger partial charge in [-0.05, 0) is 102 Å². The third-order valence-electron chi connectivity index (χ3n) is 10.2. The van der Waals surface area contributed by atoms with Crippen LogP contribution in [0.1, 0.15) is 86.8 Å². The van der Waals surface area contributed by atoms with E-state index in [9.17, 15) is 19.5 Å². The Bertz CT molecular complexity index is 1680. The Morgan fingerprint density at radius 1 is 1.06 bits per heavy atom. The molecule has 0 radical (unpaired) electrons. The number of H-pyrrole nitrogens is 1. The molecule has 0 amide bonds. The number of aldehydes is 2. The molecule has 0 fully saturated rings. The molecule has 7 N–H and O–H groups in total. The summed E-state index contributed by atoms with van der Waals surface area (Å²) >= 11 is 0. The van der Waals surface area contributed by atoms with Gasteiger partial charge >= 0.3 is 5.97 Å². The predicted molar refractivity (Wildman–Crippen MR) is 199 cm³/mol. The van der Waals surface area contributed by atoms with Gasteiger partial charge in [0.1, 0.15) is 18.4 Å². The predicted octanol–water partition coefficient (Wildman–Crippen LogP) is 6.12. The number of aliphatic hydroxyl groups is 1. The lowest BCUT2D eigenvalue weighted by molar-refractivity contribution is -0.131. The minimum Gasteiger partial charge on any atom is -0.478 e. The average Bonchev–Trinajstić information content (AvgIpc) is 3.63. The number of carboxylic acid groups (broad SMARTS) is 1. The zero-order valence-corrected chi connectivity index (χ0v) is 28.7. The third-order valence-corrected chi connectivity index (χ3v) is 10.2. The van der Waals surface area contributed by atoms with Gasteiger partial charge in [-0.15, -0.1) is 0 Å². The Morgan fingerprint density at radius 3 is 2.64 bits per heavy atom. The second-order valence-electron chi connectivity index (χ2n) is 13.7. The first-order valence-corrected chi connectivity index (χ1v) is 18.0. The molecule has 2 aromatic carbocycles. The summed E-state index contributed by atoms with van der Waals surface area (Å²) in [5.41, 5.74) is 10.3. The number of hydrogen-bond acceptors (Lipinski definition) is 8. The maximum atomic E-state index is 12.2. The number of fused-ring (bicyclic) bond motifs is 2. The molecule has 0 saturated heterocycles. The molecule has 3 aromatic rings. The lowest BCUT2D eigenvalue weighted by Crippen LogP contribution is -2.48. The Morgan fingerprint density at radius 2 is 1.90 bits per heavy atom. The van der Waals surface area contributed by atoms with E-state index in [1.807, 2.05) is 24.4 Å². The highest BCUT2D eigenvalue weighted by Gasteiger charge is 2.33. The van der Waals surface area contributed by atoms with Gasteiger partial charge in [0.25, 0.3) is 0 Å². The van der Waals surface area contributed by atoms with Crippen LogP contribution in [0.25, 0.3) is 16.8 Å². The SMILES string of the molecule is NC1=NCC[C@H](/C(=C\C(=O)O)[C@H](C[C@@H]2C=Cc3cc4ccc(CC=O)cc4cc3[C@H]2CCCCCC[C@H](C=O)CCCO)Nc2ccc[nH]2)N1. The number of anilines is 1. The Labute approximate surface area is 294 Å². The van der Waals surface area contributed by atoms with Crippen molar-refractivity contribution in [3.63, 3.8) is 0 Å². The first-order valence-electron chi connectivity index (χ1n) is 18.0. The van der Waals surface area contributed by atoms with Crippen LogP contribution in [-0.2, 0) is 20.8 Å². The largest absolute Gasteiger partial charge is 0.478 e. The van der Waals surface area contributed by atoms with E-state index in [1.54, 1.807) is 0 Å². The van der Waals surface area contributed by atoms with Crippen molar-refractivity contribution >= 4 is 47.2 Å². The average molecular weight is 682 g/mol. The molecule has 266 valence electrons. The number of aromatic nitrogens is 1.